The van der Waals surface area contributed by atoms with Crippen molar-refractivity contribution >= 4 is 19.5 Å². The van der Waals surface area contributed by atoms with Crippen LogP contribution in [0.5, 0.6) is 5.75 Å². The first-order chi connectivity index (χ1) is 14.0. The maximum absolute atomic E-state index is 10.7. The number of ether oxygens (including phenoxy) is 1. The van der Waals surface area contributed by atoms with E-state index in [2.05, 4.69) is 68.5 Å². The van der Waals surface area contributed by atoms with Crippen molar-refractivity contribution < 1.29 is 9.53 Å². The highest BCUT2D eigenvalue weighted by Gasteiger charge is 2.22. The first-order valence-corrected chi connectivity index (χ1v) is 13.5. The van der Waals surface area contributed by atoms with Gasteiger partial charge < -0.3 is 4.74 Å². The molecule has 150 valence electrons. The van der Waals surface area contributed by atoms with Crippen LogP contribution in [0.3, 0.4) is 0 Å². The lowest BCUT2D eigenvalue weighted by Crippen LogP contribution is -2.41. The Kier molecular flexibility index (Phi) is 7.05. The van der Waals surface area contributed by atoms with Crippen LogP contribution < -0.4 is 9.92 Å². The second kappa shape index (κ2) is 9.70. The molecule has 0 fully saturated rings. The summed E-state index contributed by atoms with van der Waals surface area (Å²) in [6, 6.07) is 26.4. The zero-order valence-corrected chi connectivity index (χ0v) is 18.7. The quantitative estimate of drug-likeness (QED) is 0.327. The first kappa shape index (κ1) is 21.1. The largest absolute Gasteiger partial charge is 0.489 e. The molecule has 0 amide bonds. The van der Waals surface area contributed by atoms with Gasteiger partial charge in [-0.1, -0.05) is 84.8 Å². The molecule has 0 aromatic heterocycles. The Morgan fingerprint density at radius 2 is 1.45 bits per heavy atom. The van der Waals surface area contributed by atoms with E-state index in [1.807, 2.05) is 12.1 Å². The topological polar surface area (TPSA) is 26.3 Å². The maximum atomic E-state index is 10.7. The Morgan fingerprint density at radius 1 is 0.828 bits per heavy atom. The fraction of sp³-hybridized carbons (Fsp3) is 0.269. The molecule has 29 heavy (non-hydrogen) atoms. The van der Waals surface area contributed by atoms with Crippen LogP contribution in [0.15, 0.2) is 72.8 Å². The van der Waals surface area contributed by atoms with E-state index >= 15 is 0 Å². The summed E-state index contributed by atoms with van der Waals surface area (Å²) in [6.45, 7) is 7.60. The standard InChI is InChI=1S/C26H30O2Si/c1-21-6-8-22(9-7-21)5-4-18-29(2,3)26-16-12-24(13-17-26)20-28-25-14-10-23(19-27)11-15-25/h6-17,19H,4-5,18,20H2,1-3H3. The van der Waals surface area contributed by atoms with E-state index < -0.39 is 8.07 Å². The fourth-order valence-corrected chi connectivity index (χ4v) is 5.91. The van der Waals surface area contributed by atoms with Crippen LogP contribution in [-0.2, 0) is 13.0 Å². The van der Waals surface area contributed by atoms with Crippen LogP contribution in [0.2, 0.25) is 19.1 Å². The fourth-order valence-electron chi connectivity index (χ4n) is 3.49. The lowest BCUT2D eigenvalue weighted by molar-refractivity contribution is 0.112. The monoisotopic (exact) mass is 402 g/mol. The zero-order chi connectivity index (χ0) is 20.7. The normalized spacial score (nSPS) is 11.3. The molecule has 0 radical (unpaired) electrons. The van der Waals surface area contributed by atoms with Crippen molar-refractivity contribution in [1.29, 1.82) is 0 Å². The molecule has 0 atom stereocenters. The molecule has 0 aliphatic rings. The van der Waals surface area contributed by atoms with Crippen LogP contribution in [0.25, 0.3) is 0 Å². The molecule has 3 aromatic rings. The minimum Gasteiger partial charge on any atom is -0.489 e. The number of hydrogen-bond acceptors (Lipinski definition) is 2. The molecule has 3 rings (SSSR count). The van der Waals surface area contributed by atoms with E-state index in [4.69, 9.17) is 4.74 Å². The average Bonchev–Trinajstić information content (AvgIpc) is 2.74. The van der Waals surface area contributed by atoms with Crippen molar-refractivity contribution in [2.24, 2.45) is 0 Å². The number of hydrogen-bond donors (Lipinski definition) is 0. The molecule has 0 saturated carbocycles. The van der Waals surface area contributed by atoms with Gasteiger partial charge in [-0.15, -0.1) is 0 Å². The number of benzene rings is 3. The number of aryl methyl sites for hydroxylation is 2. The van der Waals surface area contributed by atoms with E-state index in [1.165, 1.54) is 28.8 Å². The van der Waals surface area contributed by atoms with Gasteiger partial charge in [0.25, 0.3) is 0 Å². The van der Waals surface area contributed by atoms with E-state index in [1.54, 1.807) is 12.1 Å². The van der Waals surface area contributed by atoms with Crippen LogP contribution in [-0.4, -0.2) is 14.4 Å². The van der Waals surface area contributed by atoms with Gasteiger partial charge in [0.15, 0.2) is 0 Å². The van der Waals surface area contributed by atoms with E-state index in [-0.39, 0.29) is 0 Å². The van der Waals surface area contributed by atoms with Crippen molar-refractivity contribution in [3.05, 3.63) is 95.1 Å². The second-order valence-corrected chi connectivity index (χ2v) is 13.2. The van der Waals surface area contributed by atoms with Crippen LogP contribution in [0.4, 0.5) is 0 Å². The summed E-state index contributed by atoms with van der Waals surface area (Å²) in [6.07, 6.45) is 3.24. The number of carbonyl (C=O) groups is 1. The molecule has 2 nitrogen and oxygen atoms in total. The highest BCUT2D eigenvalue weighted by molar-refractivity contribution is 6.89. The molecule has 0 N–H and O–H groups in total. The lowest BCUT2D eigenvalue weighted by atomic mass is 10.1. The summed E-state index contributed by atoms with van der Waals surface area (Å²) in [5, 5.41) is 1.50. The maximum Gasteiger partial charge on any atom is 0.150 e. The molecule has 3 aromatic carbocycles. The van der Waals surface area contributed by atoms with Crippen LogP contribution in [0.1, 0.15) is 33.5 Å². The molecule has 0 heterocycles. The van der Waals surface area contributed by atoms with Crippen molar-refractivity contribution in [2.45, 2.75) is 45.5 Å². The van der Waals surface area contributed by atoms with Gasteiger partial charge in [0, 0.05) is 5.56 Å². The first-order valence-electron chi connectivity index (χ1n) is 10.3. The van der Waals surface area contributed by atoms with Crippen molar-refractivity contribution in [3.8, 4) is 5.75 Å². The highest BCUT2D eigenvalue weighted by Crippen LogP contribution is 2.17. The molecule has 0 aliphatic heterocycles. The van der Waals surface area contributed by atoms with E-state index in [0.717, 1.165) is 24.0 Å². The van der Waals surface area contributed by atoms with Crippen LogP contribution >= 0.6 is 0 Å². The van der Waals surface area contributed by atoms with Gasteiger partial charge in [0.05, 0.1) is 8.07 Å². The third-order valence-electron chi connectivity index (χ3n) is 5.54. The SMILES string of the molecule is Cc1ccc(CCC[Si](C)(C)c2ccc(COc3ccc(C=O)cc3)cc2)cc1. The van der Waals surface area contributed by atoms with Gasteiger partial charge in [-0.25, -0.2) is 0 Å². The summed E-state index contributed by atoms with van der Waals surface area (Å²) in [7, 11) is -1.44. The lowest BCUT2D eigenvalue weighted by Gasteiger charge is -2.23. The van der Waals surface area contributed by atoms with Gasteiger partial charge in [0.2, 0.25) is 0 Å². The molecule has 0 aliphatic carbocycles. The average molecular weight is 403 g/mol. The Morgan fingerprint density at radius 3 is 2.07 bits per heavy atom. The van der Waals surface area contributed by atoms with Gasteiger partial charge in [-0.3, -0.25) is 4.79 Å². The summed E-state index contributed by atoms with van der Waals surface area (Å²) in [5.41, 5.74) is 4.59. The molecule has 0 unspecified atom stereocenters. The van der Waals surface area contributed by atoms with E-state index in [0.29, 0.717) is 12.2 Å². The van der Waals surface area contributed by atoms with Gasteiger partial charge in [-0.05, 0) is 48.7 Å². The predicted octanol–water partition coefficient (Wildman–Crippen LogP) is 5.93. The smallest absolute Gasteiger partial charge is 0.150 e. The molecule has 0 bridgehead atoms. The summed E-state index contributed by atoms with van der Waals surface area (Å²) in [4.78, 5) is 10.7. The number of carbonyl (C=O) groups excluding carboxylic acids is 1. The van der Waals surface area contributed by atoms with Crippen LogP contribution in [0, 0.1) is 6.92 Å². The van der Waals surface area contributed by atoms with Crippen molar-refractivity contribution in [1.82, 2.24) is 0 Å². The zero-order valence-electron chi connectivity index (χ0n) is 17.7. The molecular formula is C26H30O2Si. The summed E-state index contributed by atoms with van der Waals surface area (Å²) >= 11 is 0. The number of aldehydes is 1. The second-order valence-electron chi connectivity index (χ2n) is 8.40. The Labute approximate surface area is 175 Å². The predicted molar refractivity (Wildman–Crippen MR) is 124 cm³/mol. The minimum absolute atomic E-state index is 0.538. The third kappa shape index (κ3) is 6.16. The Bertz CT molecular complexity index is 910. The van der Waals surface area contributed by atoms with Gasteiger partial charge in [0.1, 0.15) is 18.6 Å². The highest BCUT2D eigenvalue weighted by atomic mass is 28.3. The summed E-state index contributed by atoms with van der Waals surface area (Å²) in [5.74, 6) is 0.783. The van der Waals surface area contributed by atoms with Gasteiger partial charge >= 0.3 is 0 Å². The number of rotatable bonds is 9. The van der Waals surface area contributed by atoms with E-state index in [9.17, 15) is 4.79 Å². The minimum atomic E-state index is -1.44. The Hall–Kier alpha value is -2.65. The van der Waals surface area contributed by atoms with Crippen molar-refractivity contribution in [2.75, 3.05) is 0 Å². The summed E-state index contributed by atoms with van der Waals surface area (Å²) < 4.78 is 5.83. The van der Waals surface area contributed by atoms with Gasteiger partial charge in [-0.2, -0.15) is 0 Å². The molecular weight excluding hydrogens is 372 g/mol. The third-order valence-corrected chi connectivity index (χ3v) is 9.04. The molecule has 0 saturated heterocycles. The van der Waals surface area contributed by atoms with Crippen molar-refractivity contribution in [3.63, 3.8) is 0 Å². The molecule has 0 spiro atoms. The Balaban J connectivity index is 1.51. The molecule has 3 heteroatoms.